The van der Waals surface area contributed by atoms with Gasteiger partial charge in [0.05, 0.1) is 45.5 Å². The maximum absolute atomic E-state index is 12.0. The molecule has 16 heteroatoms. The molecule has 246 valence electrons. The molecule has 13 nitrogen and oxygen atoms in total. The maximum atomic E-state index is 12.0. The van der Waals surface area contributed by atoms with Gasteiger partial charge in [0.2, 0.25) is 0 Å². The molecule has 0 aliphatic carbocycles. The summed E-state index contributed by atoms with van der Waals surface area (Å²) in [6.07, 6.45) is 2.59. The SMILES string of the molecule is COCCOC(=O)CCN(CCO)CCC(=O)OCCSSCCOC(=O)CCN(CCO)CCC(=O)OCCSC. The van der Waals surface area contributed by atoms with Gasteiger partial charge in [0.1, 0.15) is 26.4 Å². The van der Waals surface area contributed by atoms with E-state index in [-0.39, 0.29) is 82.6 Å². The van der Waals surface area contributed by atoms with E-state index in [4.69, 9.17) is 23.7 Å². The molecule has 2 N–H and O–H groups in total. The van der Waals surface area contributed by atoms with E-state index in [1.54, 1.807) is 16.7 Å². The second kappa shape index (κ2) is 29.8. The number of thioether (sulfide) groups is 1. The lowest BCUT2D eigenvalue weighted by molar-refractivity contribution is -0.146. The molecule has 0 bridgehead atoms. The Morgan fingerprint density at radius 1 is 0.548 bits per heavy atom. The minimum atomic E-state index is -0.362. The van der Waals surface area contributed by atoms with Crippen LogP contribution in [0.25, 0.3) is 0 Å². The number of rotatable bonds is 29. The minimum Gasteiger partial charge on any atom is -0.465 e. The third kappa shape index (κ3) is 26.4. The molecule has 0 amide bonds. The van der Waals surface area contributed by atoms with E-state index in [0.29, 0.717) is 64.0 Å². The van der Waals surface area contributed by atoms with Crippen LogP contribution in [0.1, 0.15) is 25.7 Å². The lowest BCUT2D eigenvalue weighted by atomic mass is 10.3. The minimum absolute atomic E-state index is 0.0735. The normalized spacial score (nSPS) is 11.1. The van der Waals surface area contributed by atoms with Gasteiger partial charge in [0.25, 0.3) is 0 Å². The van der Waals surface area contributed by atoms with Gasteiger partial charge in [-0.05, 0) is 6.26 Å². The average molecular weight is 661 g/mol. The van der Waals surface area contributed by atoms with Crippen LogP contribution < -0.4 is 0 Å². The Hall–Kier alpha value is -1.27. The zero-order valence-corrected chi connectivity index (χ0v) is 27.3. The molecular formula is C26H48N2O11S3. The van der Waals surface area contributed by atoms with Gasteiger partial charge in [-0.15, -0.1) is 0 Å². The van der Waals surface area contributed by atoms with E-state index in [9.17, 15) is 29.4 Å². The van der Waals surface area contributed by atoms with Gasteiger partial charge in [-0.3, -0.25) is 29.0 Å². The van der Waals surface area contributed by atoms with Gasteiger partial charge in [-0.1, -0.05) is 21.6 Å². The topological polar surface area (TPSA) is 161 Å². The fourth-order valence-corrected chi connectivity index (χ4v) is 5.12. The number of methoxy groups -OCH3 is 1. The highest BCUT2D eigenvalue weighted by molar-refractivity contribution is 8.76. The van der Waals surface area contributed by atoms with Crippen molar-refractivity contribution in [2.24, 2.45) is 0 Å². The number of nitrogens with zero attached hydrogens (tertiary/aromatic N) is 2. The summed E-state index contributed by atoms with van der Waals surface area (Å²) in [7, 11) is 4.53. The molecule has 0 unspecified atom stereocenters. The van der Waals surface area contributed by atoms with E-state index >= 15 is 0 Å². The fourth-order valence-electron chi connectivity index (χ4n) is 3.21. The van der Waals surface area contributed by atoms with Crippen LogP contribution in [0.4, 0.5) is 0 Å². The first kappa shape index (κ1) is 40.7. The van der Waals surface area contributed by atoms with Gasteiger partial charge in [0, 0.05) is 63.6 Å². The van der Waals surface area contributed by atoms with Gasteiger partial charge in [-0.25, -0.2) is 0 Å². The lowest BCUT2D eigenvalue weighted by Gasteiger charge is -2.20. The standard InChI is InChI=1S/C26H48N2O11S3/c1-35-15-16-36-23(31)3-7-27(11-13-29)9-5-25(33)38-18-21-41-42-22-19-39-26(34)6-10-28(12-14-30)8-4-24(32)37-17-20-40-2/h29-30H,3-22H2,1-2H3. The molecule has 0 saturated heterocycles. The molecule has 0 aromatic heterocycles. The fraction of sp³-hybridized carbons (Fsp3) is 0.846. The first-order valence-electron chi connectivity index (χ1n) is 13.9. The van der Waals surface area contributed by atoms with Crippen LogP contribution >= 0.6 is 33.3 Å². The van der Waals surface area contributed by atoms with Crippen molar-refractivity contribution in [3.8, 4) is 0 Å². The number of aliphatic hydroxyl groups is 2. The van der Waals surface area contributed by atoms with Gasteiger partial charge >= 0.3 is 23.9 Å². The number of aliphatic hydroxyl groups excluding tert-OH is 2. The summed E-state index contributed by atoms with van der Waals surface area (Å²) < 4.78 is 25.4. The van der Waals surface area contributed by atoms with Crippen LogP contribution in [0.2, 0.25) is 0 Å². The Kier molecular flexibility index (Phi) is 28.9. The van der Waals surface area contributed by atoms with Crippen LogP contribution in [0, 0.1) is 0 Å². The Morgan fingerprint density at radius 3 is 1.24 bits per heavy atom. The first-order valence-corrected chi connectivity index (χ1v) is 17.8. The molecule has 42 heavy (non-hydrogen) atoms. The Morgan fingerprint density at radius 2 is 0.905 bits per heavy atom. The number of ether oxygens (including phenoxy) is 5. The zero-order chi connectivity index (χ0) is 31.3. The third-order valence-electron chi connectivity index (χ3n) is 5.40. The van der Waals surface area contributed by atoms with E-state index in [0.717, 1.165) is 5.75 Å². The van der Waals surface area contributed by atoms with Crippen molar-refractivity contribution in [1.82, 2.24) is 9.80 Å². The zero-order valence-electron chi connectivity index (χ0n) is 24.8. The molecule has 0 aromatic rings. The molecule has 0 fully saturated rings. The maximum Gasteiger partial charge on any atom is 0.307 e. The van der Waals surface area contributed by atoms with Crippen molar-refractivity contribution in [1.29, 1.82) is 0 Å². The van der Waals surface area contributed by atoms with Crippen LogP contribution in [-0.2, 0) is 42.9 Å². The highest BCUT2D eigenvalue weighted by Gasteiger charge is 2.13. The summed E-state index contributed by atoms with van der Waals surface area (Å²) in [4.78, 5) is 51.1. The predicted octanol–water partition coefficient (Wildman–Crippen LogP) is 0.699. The van der Waals surface area contributed by atoms with Gasteiger partial charge < -0.3 is 33.9 Å². The summed E-state index contributed by atoms with van der Waals surface area (Å²) in [6.45, 7) is 3.42. The van der Waals surface area contributed by atoms with Crippen LogP contribution in [0.3, 0.4) is 0 Å². The van der Waals surface area contributed by atoms with Crippen molar-refractivity contribution >= 4 is 57.2 Å². The summed E-state index contributed by atoms with van der Waals surface area (Å²) in [6, 6.07) is 0. The summed E-state index contributed by atoms with van der Waals surface area (Å²) in [5, 5.41) is 18.4. The number of carbonyl (C=O) groups excluding carboxylic acids is 4. The molecule has 0 saturated carbocycles. The lowest BCUT2D eigenvalue weighted by Crippen LogP contribution is -2.32. The third-order valence-corrected chi connectivity index (χ3v) is 8.31. The van der Waals surface area contributed by atoms with Crippen LogP contribution in [0.15, 0.2) is 0 Å². The number of esters is 4. The monoisotopic (exact) mass is 660 g/mol. The predicted molar refractivity (Wildman–Crippen MR) is 165 cm³/mol. The Labute approximate surface area is 261 Å². The highest BCUT2D eigenvalue weighted by atomic mass is 33.1. The van der Waals surface area contributed by atoms with Crippen molar-refractivity contribution < 1.29 is 53.1 Å². The van der Waals surface area contributed by atoms with Crippen molar-refractivity contribution in [2.75, 3.05) is 116 Å². The molecular weight excluding hydrogens is 612 g/mol. The quantitative estimate of drug-likeness (QED) is 0.0499. The molecule has 0 aliphatic rings. The smallest absolute Gasteiger partial charge is 0.307 e. The molecule has 0 atom stereocenters. The summed E-state index contributed by atoms with van der Waals surface area (Å²) >= 11 is 1.60. The van der Waals surface area contributed by atoms with Gasteiger partial charge in [0.15, 0.2) is 0 Å². The van der Waals surface area contributed by atoms with Crippen LogP contribution in [-0.4, -0.2) is 160 Å². The molecule has 0 heterocycles. The highest BCUT2D eigenvalue weighted by Crippen LogP contribution is 2.20. The molecule has 0 aliphatic heterocycles. The van der Waals surface area contributed by atoms with E-state index in [1.807, 2.05) is 11.2 Å². The average Bonchev–Trinajstić information content (AvgIpc) is 2.97. The number of hydrogen-bond acceptors (Lipinski definition) is 16. The second-order valence-corrected chi connectivity index (χ2v) is 12.3. The Bertz CT molecular complexity index is 665. The van der Waals surface area contributed by atoms with E-state index in [1.165, 1.54) is 28.7 Å². The van der Waals surface area contributed by atoms with Crippen molar-refractivity contribution in [3.05, 3.63) is 0 Å². The van der Waals surface area contributed by atoms with Gasteiger partial charge in [-0.2, -0.15) is 11.8 Å². The molecule has 0 rings (SSSR count). The van der Waals surface area contributed by atoms with Crippen LogP contribution in [0.5, 0.6) is 0 Å². The molecule has 0 aromatic carbocycles. The molecule has 0 spiro atoms. The number of carbonyl (C=O) groups is 4. The van der Waals surface area contributed by atoms with E-state index < -0.39 is 0 Å². The second-order valence-electron chi connectivity index (χ2n) is 8.64. The first-order chi connectivity index (χ1) is 20.4. The molecule has 0 radical (unpaired) electrons. The largest absolute Gasteiger partial charge is 0.465 e. The van der Waals surface area contributed by atoms with Crippen molar-refractivity contribution in [3.63, 3.8) is 0 Å². The van der Waals surface area contributed by atoms with E-state index in [2.05, 4.69) is 0 Å². The summed E-state index contributed by atoms with van der Waals surface area (Å²) in [5.74, 6) is 0.534. The summed E-state index contributed by atoms with van der Waals surface area (Å²) in [5.41, 5.74) is 0. The Balaban J connectivity index is 3.89. The van der Waals surface area contributed by atoms with Crippen molar-refractivity contribution in [2.45, 2.75) is 25.7 Å². The number of hydrogen-bond donors (Lipinski definition) is 2.